The summed E-state index contributed by atoms with van der Waals surface area (Å²) in [5.41, 5.74) is 0.0984. The lowest BCUT2D eigenvalue weighted by Gasteiger charge is -2.43. The highest BCUT2D eigenvalue weighted by Gasteiger charge is 2.64. The Morgan fingerprint density at radius 2 is 1.77 bits per heavy atom. The Balaban J connectivity index is 1.65. The number of hydrogen-bond donors (Lipinski definition) is 0. The lowest BCUT2D eigenvalue weighted by Crippen LogP contribution is -2.63. The Bertz CT molecular complexity index is 847. The average Bonchev–Trinajstić information content (AvgIpc) is 3.13. The monoisotopic (exact) mass is 422 g/mol. The SMILES string of the molecule is CC(=O)Oc1ccccc1C(=O)O[C@H]1[C@@H]2OC(C)(C)O[C@@H]2COC12COC(C)(C)O2. The maximum atomic E-state index is 13.1. The van der Waals surface area contributed by atoms with Gasteiger partial charge in [-0.15, -0.1) is 0 Å². The van der Waals surface area contributed by atoms with E-state index >= 15 is 0 Å². The van der Waals surface area contributed by atoms with Gasteiger partial charge in [-0.25, -0.2) is 4.79 Å². The minimum Gasteiger partial charge on any atom is -0.450 e. The normalized spacial score (nSPS) is 33.8. The van der Waals surface area contributed by atoms with Crippen molar-refractivity contribution in [3.8, 4) is 5.75 Å². The summed E-state index contributed by atoms with van der Waals surface area (Å²) in [7, 11) is 0. The first kappa shape index (κ1) is 21.2. The Morgan fingerprint density at radius 1 is 1.03 bits per heavy atom. The molecule has 164 valence electrons. The van der Waals surface area contributed by atoms with E-state index in [1.165, 1.54) is 19.1 Å². The van der Waals surface area contributed by atoms with E-state index in [1.807, 2.05) is 0 Å². The first-order valence-corrected chi connectivity index (χ1v) is 9.82. The number of esters is 2. The zero-order valence-electron chi connectivity index (χ0n) is 17.6. The van der Waals surface area contributed by atoms with Gasteiger partial charge in [0.1, 0.15) is 30.1 Å². The Hall–Kier alpha value is -2.04. The number of benzene rings is 1. The van der Waals surface area contributed by atoms with Crippen molar-refractivity contribution in [3.63, 3.8) is 0 Å². The minimum atomic E-state index is -1.35. The topological polar surface area (TPSA) is 98.8 Å². The van der Waals surface area contributed by atoms with Crippen molar-refractivity contribution in [2.24, 2.45) is 0 Å². The summed E-state index contributed by atoms with van der Waals surface area (Å²) >= 11 is 0. The third kappa shape index (κ3) is 3.95. The predicted molar refractivity (Wildman–Crippen MR) is 101 cm³/mol. The van der Waals surface area contributed by atoms with Crippen LogP contribution in [0.1, 0.15) is 45.0 Å². The Morgan fingerprint density at radius 3 is 2.43 bits per heavy atom. The van der Waals surface area contributed by atoms with Gasteiger partial charge in [0.05, 0.1) is 6.61 Å². The summed E-state index contributed by atoms with van der Waals surface area (Å²) in [5, 5.41) is 0. The highest BCUT2D eigenvalue weighted by atomic mass is 16.9. The quantitative estimate of drug-likeness (QED) is 0.536. The Kier molecular flexibility index (Phi) is 5.14. The molecule has 9 nitrogen and oxygen atoms in total. The van der Waals surface area contributed by atoms with Crippen LogP contribution in [0.4, 0.5) is 0 Å². The molecule has 30 heavy (non-hydrogen) atoms. The second-order valence-electron chi connectivity index (χ2n) is 8.47. The van der Waals surface area contributed by atoms with Gasteiger partial charge >= 0.3 is 11.9 Å². The molecule has 0 saturated carbocycles. The molecular formula is C21H26O9. The number of rotatable bonds is 3. The van der Waals surface area contributed by atoms with Gasteiger partial charge in [0.25, 0.3) is 0 Å². The van der Waals surface area contributed by atoms with Gasteiger partial charge in [-0.05, 0) is 39.8 Å². The largest absolute Gasteiger partial charge is 0.450 e. The van der Waals surface area contributed by atoms with Gasteiger partial charge in [-0.1, -0.05) is 12.1 Å². The molecule has 9 heteroatoms. The molecule has 0 radical (unpaired) electrons. The molecule has 0 amide bonds. The van der Waals surface area contributed by atoms with Crippen molar-refractivity contribution < 1.29 is 42.7 Å². The molecule has 3 saturated heterocycles. The number of carbonyl (C=O) groups is 2. The summed E-state index contributed by atoms with van der Waals surface area (Å²) in [6.07, 6.45) is -2.05. The van der Waals surface area contributed by atoms with Gasteiger partial charge in [0.15, 0.2) is 17.7 Å². The van der Waals surface area contributed by atoms with E-state index in [-0.39, 0.29) is 24.5 Å². The van der Waals surface area contributed by atoms with Crippen LogP contribution in [0.2, 0.25) is 0 Å². The first-order chi connectivity index (χ1) is 14.0. The van der Waals surface area contributed by atoms with Crippen molar-refractivity contribution >= 4 is 11.9 Å². The van der Waals surface area contributed by atoms with Crippen LogP contribution in [0.5, 0.6) is 5.75 Å². The summed E-state index contributed by atoms with van der Waals surface area (Å²) in [4.78, 5) is 24.5. The van der Waals surface area contributed by atoms with E-state index in [4.69, 9.17) is 33.2 Å². The summed E-state index contributed by atoms with van der Waals surface area (Å²) in [5.74, 6) is -4.30. The number of ether oxygens (including phenoxy) is 7. The van der Waals surface area contributed by atoms with Gasteiger partial charge in [0.2, 0.25) is 5.79 Å². The molecule has 0 aliphatic carbocycles. The smallest absolute Gasteiger partial charge is 0.342 e. The molecule has 3 aliphatic heterocycles. The highest BCUT2D eigenvalue weighted by molar-refractivity contribution is 5.93. The number of hydrogen-bond acceptors (Lipinski definition) is 9. The lowest BCUT2D eigenvalue weighted by atomic mass is 9.97. The summed E-state index contributed by atoms with van der Waals surface area (Å²) in [6.45, 7) is 8.58. The van der Waals surface area contributed by atoms with E-state index in [9.17, 15) is 9.59 Å². The number of para-hydroxylation sites is 1. The van der Waals surface area contributed by atoms with Crippen molar-refractivity contribution in [3.05, 3.63) is 29.8 Å². The van der Waals surface area contributed by atoms with Crippen LogP contribution in [-0.2, 0) is 33.2 Å². The van der Waals surface area contributed by atoms with Crippen LogP contribution in [0.3, 0.4) is 0 Å². The lowest BCUT2D eigenvalue weighted by molar-refractivity contribution is -0.325. The molecule has 3 fully saturated rings. The van der Waals surface area contributed by atoms with E-state index in [0.29, 0.717) is 0 Å². The fourth-order valence-electron chi connectivity index (χ4n) is 3.98. The molecule has 4 rings (SSSR count). The maximum absolute atomic E-state index is 13.1. The van der Waals surface area contributed by atoms with Gasteiger partial charge in [0, 0.05) is 6.92 Å². The number of carbonyl (C=O) groups excluding carboxylic acids is 2. The van der Waals surface area contributed by atoms with E-state index in [0.717, 1.165) is 0 Å². The second kappa shape index (κ2) is 7.28. The molecule has 4 atom stereocenters. The third-order valence-electron chi connectivity index (χ3n) is 5.08. The first-order valence-electron chi connectivity index (χ1n) is 9.82. The third-order valence-corrected chi connectivity index (χ3v) is 5.08. The van der Waals surface area contributed by atoms with Crippen LogP contribution in [0.25, 0.3) is 0 Å². The molecule has 0 aromatic heterocycles. The average molecular weight is 422 g/mol. The molecular weight excluding hydrogens is 396 g/mol. The molecule has 0 N–H and O–H groups in total. The van der Waals surface area contributed by atoms with Crippen LogP contribution in [0.15, 0.2) is 24.3 Å². The fourth-order valence-corrected chi connectivity index (χ4v) is 3.98. The second-order valence-corrected chi connectivity index (χ2v) is 8.47. The zero-order chi connectivity index (χ0) is 21.7. The standard InChI is InChI=1S/C21H26O9/c1-12(22)26-14-9-7-6-8-13(14)18(23)27-17-16-15(28-20(4,5)29-16)10-24-21(17)11-25-19(2,3)30-21/h6-9,15-17H,10-11H2,1-5H3/t15-,16-,17+,21?/m1/s1. The molecule has 3 aliphatic rings. The zero-order valence-corrected chi connectivity index (χ0v) is 17.6. The molecule has 3 heterocycles. The van der Waals surface area contributed by atoms with Crippen molar-refractivity contribution in [2.75, 3.05) is 13.2 Å². The van der Waals surface area contributed by atoms with Crippen LogP contribution in [-0.4, -0.2) is 60.8 Å². The molecule has 1 spiro atoms. The summed E-state index contributed by atoms with van der Waals surface area (Å²) < 4.78 is 40.7. The van der Waals surface area contributed by atoms with E-state index in [1.54, 1.807) is 39.8 Å². The highest BCUT2D eigenvalue weighted by Crippen LogP contribution is 2.45. The molecule has 1 aromatic carbocycles. The molecule has 1 aromatic rings. The predicted octanol–water partition coefficient (Wildman–Crippen LogP) is 2.17. The molecule has 1 unspecified atom stereocenters. The van der Waals surface area contributed by atoms with Crippen LogP contribution < -0.4 is 4.74 Å². The number of fused-ring (bicyclic) bond motifs is 1. The van der Waals surface area contributed by atoms with Gasteiger partial charge in [-0.3, -0.25) is 4.79 Å². The van der Waals surface area contributed by atoms with Crippen molar-refractivity contribution in [1.29, 1.82) is 0 Å². The maximum Gasteiger partial charge on any atom is 0.342 e. The Labute approximate surface area is 174 Å². The van der Waals surface area contributed by atoms with Crippen LogP contribution >= 0.6 is 0 Å². The van der Waals surface area contributed by atoms with E-state index < -0.39 is 47.6 Å². The summed E-state index contributed by atoms with van der Waals surface area (Å²) in [6, 6.07) is 6.34. The van der Waals surface area contributed by atoms with E-state index in [2.05, 4.69) is 0 Å². The molecule has 0 bridgehead atoms. The van der Waals surface area contributed by atoms with Gasteiger partial charge in [-0.2, -0.15) is 0 Å². The minimum absolute atomic E-state index is 0.0521. The fraction of sp³-hybridized carbons (Fsp3) is 0.619. The van der Waals surface area contributed by atoms with Crippen LogP contribution in [0, 0.1) is 0 Å². The van der Waals surface area contributed by atoms with Crippen molar-refractivity contribution in [1.82, 2.24) is 0 Å². The van der Waals surface area contributed by atoms with Gasteiger partial charge < -0.3 is 33.2 Å². The van der Waals surface area contributed by atoms with Crippen molar-refractivity contribution in [2.45, 2.75) is 70.3 Å².